The molecule has 102 valence electrons. The highest BCUT2D eigenvalue weighted by Crippen LogP contribution is 2.22. The lowest BCUT2D eigenvalue weighted by Gasteiger charge is -2.13. The molecule has 0 bridgehead atoms. The summed E-state index contributed by atoms with van der Waals surface area (Å²) in [7, 11) is 0. The molecule has 2 rings (SSSR count). The van der Waals surface area contributed by atoms with Gasteiger partial charge in [0.1, 0.15) is 6.04 Å². The number of rotatable bonds is 4. The zero-order valence-corrected chi connectivity index (χ0v) is 11.5. The van der Waals surface area contributed by atoms with E-state index in [1.54, 1.807) is 6.92 Å². The number of hydrogen-bond acceptors (Lipinski definition) is 2. The summed E-state index contributed by atoms with van der Waals surface area (Å²) in [6.45, 7) is 4.11. The Hall–Kier alpha value is -1.84. The summed E-state index contributed by atoms with van der Waals surface area (Å²) in [6.07, 6.45) is 3.31. The Morgan fingerprint density at radius 3 is 2.74 bits per heavy atom. The number of amides is 2. The van der Waals surface area contributed by atoms with E-state index >= 15 is 0 Å². The molecule has 0 radical (unpaired) electrons. The first kappa shape index (κ1) is 13.6. The maximum absolute atomic E-state index is 12.1. The minimum absolute atomic E-state index is 0.156. The van der Waals surface area contributed by atoms with Crippen LogP contribution < -0.4 is 10.6 Å². The molecular formula is C15H20N2O2. The van der Waals surface area contributed by atoms with Crippen LogP contribution in [-0.2, 0) is 17.6 Å². The Labute approximate surface area is 113 Å². The van der Waals surface area contributed by atoms with Crippen molar-refractivity contribution in [3.63, 3.8) is 0 Å². The van der Waals surface area contributed by atoms with Crippen molar-refractivity contribution in [2.45, 2.75) is 39.2 Å². The summed E-state index contributed by atoms with van der Waals surface area (Å²) in [5.74, 6) is -0.342. The van der Waals surface area contributed by atoms with Gasteiger partial charge in [-0.3, -0.25) is 9.59 Å². The highest BCUT2D eigenvalue weighted by molar-refractivity contribution is 5.97. The molecule has 2 amide bonds. The average molecular weight is 260 g/mol. The molecule has 0 aromatic heterocycles. The largest absolute Gasteiger partial charge is 0.355 e. The Morgan fingerprint density at radius 1 is 1.26 bits per heavy atom. The molecule has 1 atom stereocenters. The van der Waals surface area contributed by atoms with Crippen molar-refractivity contribution in [1.29, 1.82) is 0 Å². The Balaban J connectivity index is 2.02. The summed E-state index contributed by atoms with van der Waals surface area (Å²) in [4.78, 5) is 23.6. The standard InChI is InChI=1S/C15H20N2O2/c1-3-16-14(18)10(2)17-15(19)13-8-7-11-5-4-6-12(11)9-13/h7-10H,3-6H2,1-2H3,(H,16,18)(H,17,19)/t10-/m1/s1. The molecule has 4 nitrogen and oxygen atoms in total. The molecular weight excluding hydrogens is 240 g/mol. The summed E-state index contributed by atoms with van der Waals surface area (Å²) in [5.41, 5.74) is 3.24. The summed E-state index contributed by atoms with van der Waals surface area (Å²) in [6, 6.07) is 5.29. The summed E-state index contributed by atoms with van der Waals surface area (Å²) < 4.78 is 0. The first-order valence-corrected chi connectivity index (χ1v) is 6.82. The fourth-order valence-corrected chi connectivity index (χ4v) is 2.39. The fourth-order valence-electron chi connectivity index (χ4n) is 2.39. The lowest BCUT2D eigenvalue weighted by atomic mass is 10.1. The van der Waals surface area contributed by atoms with E-state index in [-0.39, 0.29) is 11.8 Å². The third-order valence-corrected chi connectivity index (χ3v) is 3.45. The van der Waals surface area contributed by atoms with E-state index in [4.69, 9.17) is 0 Å². The van der Waals surface area contributed by atoms with Crippen LogP contribution in [0.15, 0.2) is 18.2 Å². The van der Waals surface area contributed by atoms with Gasteiger partial charge in [-0.1, -0.05) is 6.07 Å². The van der Waals surface area contributed by atoms with Crippen molar-refractivity contribution in [3.05, 3.63) is 34.9 Å². The van der Waals surface area contributed by atoms with Gasteiger partial charge in [0.2, 0.25) is 5.91 Å². The molecule has 1 aromatic carbocycles. The first-order valence-electron chi connectivity index (χ1n) is 6.82. The van der Waals surface area contributed by atoms with Crippen LogP contribution >= 0.6 is 0 Å². The Bertz CT molecular complexity index is 497. The molecule has 19 heavy (non-hydrogen) atoms. The number of likely N-dealkylation sites (N-methyl/N-ethyl adjacent to an activating group) is 1. The minimum Gasteiger partial charge on any atom is -0.355 e. The molecule has 4 heteroatoms. The fraction of sp³-hybridized carbons (Fsp3) is 0.467. The van der Waals surface area contributed by atoms with Crippen LogP contribution in [0.2, 0.25) is 0 Å². The zero-order valence-electron chi connectivity index (χ0n) is 11.5. The maximum Gasteiger partial charge on any atom is 0.251 e. The molecule has 2 N–H and O–H groups in total. The molecule has 0 unspecified atom stereocenters. The van der Waals surface area contributed by atoms with E-state index in [1.165, 1.54) is 11.1 Å². The lowest BCUT2D eigenvalue weighted by Crippen LogP contribution is -2.44. The number of hydrogen-bond donors (Lipinski definition) is 2. The first-order chi connectivity index (χ1) is 9.11. The van der Waals surface area contributed by atoms with Crippen LogP contribution in [0.25, 0.3) is 0 Å². The SMILES string of the molecule is CCNC(=O)[C@@H](C)NC(=O)c1ccc2c(c1)CCC2. The monoisotopic (exact) mass is 260 g/mol. The van der Waals surface area contributed by atoms with Gasteiger partial charge in [-0.15, -0.1) is 0 Å². The van der Waals surface area contributed by atoms with Crippen LogP contribution in [0.4, 0.5) is 0 Å². The second-order valence-corrected chi connectivity index (χ2v) is 4.93. The normalized spacial score (nSPS) is 14.6. The molecule has 1 aliphatic rings. The summed E-state index contributed by atoms with van der Waals surface area (Å²) in [5, 5.41) is 5.41. The van der Waals surface area contributed by atoms with Gasteiger partial charge in [-0.25, -0.2) is 0 Å². The minimum atomic E-state index is -0.513. The van der Waals surface area contributed by atoms with E-state index in [1.807, 2.05) is 25.1 Å². The van der Waals surface area contributed by atoms with Crippen LogP contribution in [0, 0.1) is 0 Å². The van der Waals surface area contributed by atoms with Gasteiger partial charge < -0.3 is 10.6 Å². The molecule has 0 fully saturated rings. The van der Waals surface area contributed by atoms with Crippen molar-refractivity contribution < 1.29 is 9.59 Å². The highest BCUT2D eigenvalue weighted by atomic mass is 16.2. The smallest absolute Gasteiger partial charge is 0.251 e. The van der Waals surface area contributed by atoms with Crippen LogP contribution in [0.3, 0.4) is 0 Å². The number of carbonyl (C=O) groups excluding carboxylic acids is 2. The maximum atomic E-state index is 12.1. The highest BCUT2D eigenvalue weighted by Gasteiger charge is 2.18. The molecule has 0 saturated heterocycles. The van der Waals surface area contributed by atoms with Crippen molar-refractivity contribution in [2.75, 3.05) is 6.54 Å². The predicted octanol–water partition coefficient (Wildman–Crippen LogP) is 1.43. The van der Waals surface area contributed by atoms with Crippen LogP contribution in [-0.4, -0.2) is 24.4 Å². The molecule has 0 saturated carbocycles. The molecule has 0 aliphatic heterocycles. The van der Waals surface area contributed by atoms with Gasteiger partial charge in [0.15, 0.2) is 0 Å². The van der Waals surface area contributed by atoms with Gasteiger partial charge >= 0.3 is 0 Å². The lowest BCUT2D eigenvalue weighted by molar-refractivity contribution is -0.122. The van der Waals surface area contributed by atoms with Crippen LogP contribution in [0.1, 0.15) is 41.8 Å². The van der Waals surface area contributed by atoms with Gasteiger partial charge in [0.05, 0.1) is 0 Å². The van der Waals surface area contributed by atoms with Gasteiger partial charge in [0, 0.05) is 12.1 Å². The number of nitrogens with one attached hydrogen (secondary N) is 2. The van der Waals surface area contributed by atoms with Crippen molar-refractivity contribution in [1.82, 2.24) is 10.6 Å². The van der Waals surface area contributed by atoms with Crippen molar-refractivity contribution in [3.8, 4) is 0 Å². The van der Waals surface area contributed by atoms with Gasteiger partial charge in [-0.2, -0.15) is 0 Å². The van der Waals surface area contributed by atoms with Crippen LogP contribution in [0.5, 0.6) is 0 Å². The zero-order chi connectivity index (χ0) is 13.8. The van der Waals surface area contributed by atoms with E-state index in [9.17, 15) is 9.59 Å². The molecule has 0 spiro atoms. The third kappa shape index (κ3) is 3.13. The van der Waals surface area contributed by atoms with Gasteiger partial charge in [-0.05, 0) is 56.4 Å². The predicted molar refractivity (Wildman–Crippen MR) is 74.1 cm³/mol. The second kappa shape index (κ2) is 5.87. The molecule has 0 heterocycles. The third-order valence-electron chi connectivity index (χ3n) is 3.45. The average Bonchev–Trinajstić information content (AvgIpc) is 2.85. The van der Waals surface area contributed by atoms with Crippen molar-refractivity contribution >= 4 is 11.8 Å². The topological polar surface area (TPSA) is 58.2 Å². The molecule has 1 aliphatic carbocycles. The van der Waals surface area contributed by atoms with Crippen molar-refractivity contribution in [2.24, 2.45) is 0 Å². The molecule has 1 aromatic rings. The van der Waals surface area contributed by atoms with E-state index in [0.29, 0.717) is 12.1 Å². The Morgan fingerprint density at radius 2 is 2.00 bits per heavy atom. The summed E-state index contributed by atoms with van der Waals surface area (Å²) >= 11 is 0. The van der Waals surface area contributed by atoms with E-state index in [2.05, 4.69) is 10.6 Å². The van der Waals surface area contributed by atoms with E-state index < -0.39 is 6.04 Å². The Kier molecular flexibility index (Phi) is 4.20. The second-order valence-electron chi connectivity index (χ2n) is 4.93. The quantitative estimate of drug-likeness (QED) is 0.860. The number of benzene rings is 1. The van der Waals surface area contributed by atoms with Gasteiger partial charge in [0.25, 0.3) is 5.91 Å². The number of aryl methyl sites for hydroxylation is 2. The number of carbonyl (C=O) groups is 2. The number of fused-ring (bicyclic) bond motifs is 1. The van der Waals surface area contributed by atoms with E-state index in [0.717, 1.165) is 19.3 Å².